The molecule has 5 heteroatoms. The van der Waals surface area contributed by atoms with Crippen molar-refractivity contribution in [2.75, 3.05) is 16.8 Å². The van der Waals surface area contributed by atoms with E-state index in [1.165, 1.54) is 4.90 Å². The maximum Gasteiger partial charge on any atom is 0.268 e. The predicted molar refractivity (Wildman–Crippen MR) is 88.7 cm³/mol. The van der Waals surface area contributed by atoms with Gasteiger partial charge in [0.1, 0.15) is 12.3 Å². The molecular formula is C18H18N2O3. The number of carbonyl (C=O) groups is 2. The molecule has 5 nitrogen and oxygen atoms in total. The van der Waals surface area contributed by atoms with Crippen LogP contribution < -0.4 is 15.0 Å². The molecule has 2 aromatic carbocycles. The van der Waals surface area contributed by atoms with E-state index in [4.69, 9.17) is 4.74 Å². The van der Waals surface area contributed by atoms with Gasteiger partial charge in [0, 0.05) is 5.69 Å². The van der Waals surface area contributed by atoms with Crippen LogP contribution in [0.2, 0.25) is 0 Å². The Hall–Kier alpha value is -2.82. The Morgan fingerprint density at radius 1 is 1.17 bits per heavy atom. The van der Waals surface area contributed by atoms with Crippen molar-refractivity contribution in [3.63, 3.8) is 0 Å². The molecule has 1 N–H and O–H groups in total. The van der Waals surface area contributed by atoms with Crippen molar-refractivity contribution in [3.05, 3.63) is 54.1 Å². The van der Waals surface area contributed by atoms with Crippen molar-refractivity contribution in [2.24, 2.45) is 0 Å². The second-order valence-electron chi connectivity index (χ2n) is 5.57. The van der Waals surface area contributed by atoms with Crippen LogP contribution in [-0.4, -0.2) is 24.5 Å². The zero-order valence-electron chi connectivity index (χ0n) is 13.1. The molecule has 0 aromatic heterocycles. The lowest BCUT2D eigenvalue weighted by Gasteiger charge is -2.32. The lowest BCUT2D eigenvalue weighted by Crippen LogP contribution is -2.47. The van der Waals surface area contributed by atoms with Crippen LogP contribution >= 0.6 is 0 Å². The van der Waals surface area contributed by atoms with Crippen LogP contribution in [-0.2, 0) is 9.59 Å². The van der Waals surface area contributed by atoms with Gasteiger partial charge in [-0.15, -0.1) is 0 Å². The van der Waals surface area contributed by atoms with Gasteiger partial charge in [0.05, 0.1) is 5.69 Å². The Kier molecular flexibility index (Phi) is 4.02. The minimum atomic E-state index is -0.600. The van der Waals surface area contributed by atoms with Gasteiger partial charge in [-0.1, -0.05) is 29.8 Å². The molecule has 3 rings (SSSR count). The van der Waals surface area contributed by atoms with Crippen molar-refractivity contribution in [1.82, 2.24) is 0 Å². The van der Waals surface area contributed by atoms with E-state index in [0.717, 1.165) is 5.56 Å². The molecule has 0 saturated heterocycles. The summed E-state index contributed by atoms with van der Waals surface area (Å²) in [5.74, 6) is 0.150. The van der Waals surface area contributed by atoms with Crippen LogP contribution in [0.25, 0.3) is 0 Å². The molecule has 0 bridgehead atoms. The zero-order valence-corrected chi connectivity index (χ0v) is 13.1. The van der Waals surface area contributed by atoms with E-state index in [9.17, 15) is 9.59 Å². The summed E-state index contributed by atoms with van der Waals surface area (Å²) in [6.45, 7) is 3.62. The molecule has 0 spiro atoms. The largest absolute Gasteiger partial charge is 0.479 e. The van der Waals surface area contributed by atoms with E-state index in [-0.39, 0.29) is 18.4 Å². The van der Waals surface area contributed by atoms with Crippen LogP contribution in [0.4, 0.5) is 11.4 Å². The van der Waals surface area contributed by atoms with Gasteiger partial charge in [-0.25, -0.2) is 0 Å². The van der Waals surface area contributed by atoms with Gasteiger partial charge in [-0.2, -0.15) is 0 Å². The Labute approximate surface area is 134 Å². The van der Waals surface area contributed by atoms with E-state index in [1.54, 1.807) is 19.1 Å². The number of ether oxygens (including phenoxy) is 1. The number of nitrogens with one attached hydrogen (secondary N) is 1. The second kappa shape index (κ2) is 6.12. The fourth-order valence-electron chi connectivity index (χ4n) is 2.50. The minimum absolute atomic E-state index is 0.0442. The molecule has 1 heterocycles. The molecular weight excluding hydrogens is 292 g/mol. The Bertz CT molecular complexity index is 740. The van der Waals surface area contributed by atoms with Crippen molar-refractivity contribution in [1.29, 1.82) is 0 Å². The molecule has 0 aliphatic carbocycles. The van der Waals surface area contributed by atoms with Gasteiger partial charge in [-0.05, 0) is 38.1 Å². The SMILES string of the molecule is Cc1ccc(NC(=O)CN2C(=O)C(C)Oc3ccccc32)cc1. The zero-order chi connectivity index (χ0) is 16.4. The summed E-state index contributed by atoms with van der Waals surface area (Å²) in [7, 11) is 0. The van der Waals surface area contributed by atoms with Crippen molar-refractivity contribution < 1.29 is 14.3 Å². The van der Waals surface area contributed by atoms with E-state index in [1.807, 2.05) is 43.3 Å². The molecule has 118 valence electrons. The highest BCUT2D eigenvalue weighted by Crippen LogP contribution is 2.33. The van der Waals surface area contributed by atoms with Gasteiger partial charge < -0.3 is 10.1 Å². The number of aryl methyl sites for hydroxylation is 1. The average molecular weight is 310 g/mol. The molecule has 1 unspecified atom stereocenters. The summed E-state index contributed by atoms with van der Waals surface area (Å²) in [4.78, 5) is 26.1. The summed E-state index contributed by atoms with van der Waals surface area (Å²) < 4.78 is 5.56. The molecule has 2 amide bonds. The van der Waals surface area contributed by atoms with Crippen molar-refractivity contribution in [3.8, 4) is 5.75 Å². The normalized spacial score (nSPS) is 16.5. The summed E-state index contributed by atoms with van der Waals surface area (Å²) in [5.41, 5.74) is 2.45. The number of benzene rings is 2. The van der Waals surface area contributed by atoms with Crippen LogP contribution in [0.15, 0.2) is 48.5 Å². The van der Waals surface area contributed by atoms with Gasteiger partial charge in [0.2, 0.25) is 5.91 Å². The molecule has 1 atom stereocenters. The van der Waals surface area contributed by atoms with Gasteiger partial charge >= 0.3 is 0 Å². The number of nitrogens with zero attached hydrogens (tertiary/aromatic N) is 1. The average Bonchev–Trinajstić information content (AvgIpc) is 2.54. The first-order chi connectivity index (χ1) is 11.0. The first-order valence-electron chi connectivity index (χ1n) is 7.48. The number of carbonyl (C=O) groups excluding carboxylic acids is 2. The van der Waals surface area contributed by atoms with Crippen LogP contribution in [0, 0.1) is 6.92 Å². The number of anilines is 2. The highest BCUT2D eigenvalue weighted by Gasteiger charge is 2.32. The quantitative estimate of drug-likeness (QED) is 0.948. The molecule has 0 fully saturated rings. The Morgan fingerprint density at radius 3 is 2.61 bits per heavy atom. The van der Waals surface area contributed by atoms with Crippen LogP contribution in [0.1, 0.15) is 12.5 Å². The lowest BCUT2D eigenvalue weighted by atomic mass is 10.2. The van der Waals surface area contributed by atoms with Gasteiger partial charge in [0.25, 0.3) is 5.91 Å². The van der Waals surface area contributed by atoms with E-state index in [0.29, 0.717) is 17.1 Å². The number of amides is 2. The second-order valence-corrected chi connectivity index (χ2v) is 5.57. The summed E-state index contributed by atoms with van der Waals surface area (Å²) >= 11 is 0. The molecule has 23 heavy (non-hydrogen) atoms. The predicted octanol–water partition coefficient (Wildman–Crippen LogP) is 2.75. The molecule has 2 aromatic rings. The monoisotopic (exact) mass is 310 g/mol. The van der Waals surface area contributed by atoms with E-state index >= 15 is 0 Å². The number of rotatable bonds is 3. The van der Waals surface area contributed by atoms with Gasteiger partial charge in [-0.3, -0.25) is 14.5 Å². The minimum Gasteiger partial charge on any atom is -0.479 e. The molecule has 1 aliphatic heterocycles. The standard InChI is InChI=1S/C18H18N2O3/c1-12-7-9-14(10-8-12)19-17(21)11-20-15-5-3-4-6-16(15)23-13(2)18(20)22/h3-10,13H,11H2,1-2H3,(H,19,21). The third-order valence-electron chi connectivity index (χ3n) is 3.71. The van der Waals surface area contributed by atoms with E-state index < -0.39 is 6.10 Å². The Balaban J connectivity index is 1.77. The summed E-state index contributed by atoms with van der Waals surface area (Å²) in [6, 6.07) is 14.7. The maximum atomic E-state index is 12.3. The fraction of sp³-hybridized carbons (Fsp3) is 0.222. The Morgan fingerprint density at radius 2 is 1.87 bits per heavy atom. The number of hydrogen-bond acceptors (Lipinski definition) is 3. The molecule has 1 aliphatic rings. The highest BCUT2D eigenvalue weighted by atomic mass is 16.5. The third-order valence-corrected chi connectivity index (χ3v) is 3.71. The van der Waals surface area contributed by atoms with Crippen molar-refractivity contribution in [2.45, 2.75) is 20.0 Å². The maximum absolute atomic E-state index is 12.3. The lowest BCUT2D eigenvalue weighted by molar-refractivity contribution is -0.127. The smallest absolute Gasteiger partial charge is 0.268 e. The van der Waals surface area contributed by atoms with E-state index in [2.05, 4.69) is 5.32 Å². The first kappa shape index (κ1) is 15.1. The third kappa shape index (κ3) is 3.18. The number of para-hydroxylation sites is 2. The topological polar surface area (TPSA) is 58.6 Å². The van der Waals surface area contributed by atoms with Crippen molar-refractivity contribution >= 4 is 23.2 Å². The molecule has 0 saturated carbocycles. The number of hydrogen-bond donors (Lipinski definition) is 1. The van der Waals surface area contributed by atoms with Crippen LogP contribution in [0.5, 0.6) is 5.75 Å². The van der Waals surface area contributed by atoms with Gasteiger partial charge in [0.15, 0.2) is 6.10 Å². The highest BCUT2D eigenvalue weighted by molar-refractivity contribution is 6.06. The molecule has 0 radical (unpaired) electrons. The fourth-order valence-corrected chi connectivity index (χ4v) is 2.50. The first-order valence-corrected chi connectivity index (χ1v) is 7.48. The summed E-state index contributed by atoms with van der Waals surface area (Å²) in [6.07, 6.45) is -0.600. The summed E-state index contributed by atoms with van der Waals surface area (Å²) in [5, 5.41) is 2.81. The van der Waals surface area contributed by atoms with Crippen LogP contribution in [0.3, 0.4) is 0 Å². The number of fused-ring (bicyclic) bond motifs is 1.